The molecule has 1 aliphatic heterocycles. The van der Waals surface area contributed by atoms with Crippen molar-refractivity contribution in [3.63, 3.8) is 0 Å². The third kappa shape index (κ3) is 2.32. The van der Waals surface area contributed by atoms with Crippen LogP contribution in [0.4, 0.5) is 5.82 Å². The number of rotatable bonds is 1. The first-order valence-corrected chi connectivity index (χ1v) is 5.61. The summed E-state index contributed by atoms with van der Waals surface area (Å²) < 4.78 is 0. The summed E-state index contributed by atoms with van der Waals surface area (Å²) in [5.74, 6) is 1.18. The van der Waals surface area contributed by atoms with Gasteiger partial charge in [0.15, 0.2) is 0 Å². The smallest absolute Gasteiger partial charge is 0.219 e. The van der Waals surface area contributed by atoms with Gasteiger partial charge in [-0.3, -0.25) is 4.79 Å². The molecular weight excluding hydrogens is 202 g/mol. The molecule has 4 nitrogen and oxygen atoms in total. The van der Waals surface area contributed by atoms with Gasteiger partial charge in [-0.25, -0.2) is 4.98 Å². The normalized spacial score (nSPS) is 16.4. The number of pyridine rings is 1. The third-order valence-electron chi connectivity index (χ3n) is 2.92. The van der Waals surface area contributed by atoms with Crippen LogP contribution < -0.4 is 4.90 Å². The minimum Gasteiger partial charge on any atom is -0.353 e. The first-order valence-electron chi connectivity index (χ1n) is 5.61. The average molecular weight is 219 g/mol. The van der Waals surface area contributed by atoms with E-state index in [-0.39, 0.29) is 5.91 Å². The van der Waals surface area contributed by atoms with Gasteiger partial charge in [0, 0.05) is 38.8 Å². The van der Waals surface area contributed by atoms with Crippen molar-refractivity contribution in [1.29, 1.82) is 0 Å². The summed E-state index contributed by atoms with van der Waals surface area (Å²) in [6.07, 6.45) is 0. The van der Waals surface area contributed by atoms with Crippen LogP contribution in [0.3, 0.4) is 0 Å². The maximum Gasteiger partial charge on any atom is 0.219 e. The van der Waals surface area contributed by atoms with Crippen molar-refractivity contribution in [2.75, 3.05) is 31.1 Å². The van der Waals surface area contributed by atoms with Crippen molar-refractivity contribution >= 4 is 11.7 Å². The van der Waals surface area contributed by atoms with E-state index in [1.807, 2.05) is 30.0 Å². The summed E-state index contributed by atoms with van der Waals surface area (Å²) in [7, 11) is 0. The van der Waals surface area contributed by atoms with Crippen LogP contribution in [0.25, 0.3) is 0 Å². The van der Waals surface area contributed by atoms with E-state index in [1.165, 1.54) is 0 Å². The number of aromatic nitrogens is 1. The minimum atomic E-state index is 0.164. The molecule has 16 heavy (non-hydrogen) atoms. The van der Waals surface area contributed by atoms with Gasteiger partial charge in [-0.2, -0.15) is 0 Å². The molecule has 0 bridgehead atoms. The van der Waals surface area contributed by atoms with Gasteiger partial charge in [0.1, 0.15) is 5.82 Å². The van der Waals surface area contributed by atoms with Crippen molar-refractivity contribution < 1.29 is 4.79 Å². The van der Waals surface area contributed by atoms with E-state index in [1.54, 1.807) is 6.92 Å². The predicted molar refractivity (Wildman–Crippen MR) is 63.4 cm³/mol. The summed E-state index contributed by atoms with van der Waals surface area (Å²) >= 11 is 0. The lowest BCUT2D eigenvalue weighted by atomic mass is 10.3. The monoisotopic (exact) mass is 219 g/mol. The average Bonchev–Trinajstić information content (AvgIpc) is 2.29. The van der Waals surface area contributed by atoms with Crippen LogP contribution in [-0.2, 0) is 4.79 Å². The number of piperazine rings is 1. The highest BCUT2D eigenvalue weighted by Crippen LogP contribution is 2.13. The van der Waals surface area contributed by atoms with Crippen LogP contribution in [-0.4, -0.2) is 42.0 Å². The fraction of sp³-hybridized carbons (Fsp3) is 0.500. The first-order chi connectivity index (χ1) is 7.66. The van der Waals surface area contributed by atoms with E-state index in [0.717, 1.165) is 37.7 Å². The zero-order valence-corrected chi connectivity index (χ0v) is 9.81. The second-order valence-corrected chi connectivity index (χ2v) is 4.13. The van der Waals surface area contributed by atoms with Crippen LogP contribution in [0, 0.1) is 6.92 Å². The Balaban J connectivity index is 2.01. The molecule has 0 unspecified atom stereocenters. The van der Waals surface area contributed by atoms with Gasteiger partial charge in [0.2, 0.25) is 5.91 Å². The molecule has 0 spiro atoms. The Hall–Kier alpha value is -1.58. The van der Waals surface area contributed by atoms with Crippen LogP contribution in [0.2, 0.25) is 0 Å². The number of carbonyl (C=O) groups is 1. The lowest BCUT2D eigenvalue weighted by Crippen LogP contribution is -2.48. The number of hydrogen-bond acceptors (Lipinski definition) is 3. The molecule has 2 rings (SSSR count). The quantitative estimate of drug-likeness (QED) is 0.708. The van der Waals surface area contributed by atoms with Gasteiger partial charge >= 0.3 is 0 Å². The number of amides is 1. The number of carbonyl (C=O) groups excluding carboxylic acids is 1. The SMILES string of the molecule is CC(=O)N1CCN(c2cccc(C)n2)CC1. The van der Waals surface area contributed by atoms with Crippen LogP contribution in [0.15, 0.2) is 18.2 Å². The van der Waals surface area contributed by atoms with Crippen molar-refractivity contribution in [3.8, 4) is 0 Å². The Morgan fingerprint density at radius 1 is 1.25 bits per heavy atom. The fourth-order valence-electron chi connectivity index (χ4n) is 1.96. The van der Waals surface area contributed by atoms with Crippen molar-refractivity contribution in [2.45, 2.75) is 13.8 Å². The summed E-state index contributed by atoms with van der Waals surface area (Å²) in [6.45, 7) is 6.96. The largest absolute Gasteiger partial charge is 0.353 e. The molecule has 0 aromatic carbocycles. The van der Waals surface area contributed by atoms with Crippen molar-refractivity contribution in [3.05, 3.63) is 23.9 Å². The van der Waals surface area contributed by atoms with E-state index in [9.17, 15) is 4.79 Å². The summed E-state index contributed by atoms with van der Waals surface area (Å²) in [5.41, 5.74) is 1.03. The summed E-state index contributed by atoms with van der Waals surface area (Å²) in [4.78, 5) is 19.8. The fourth-order valence-corrected chi connectivity index (χ4v) is 1.96. The van der Waals surface area contributed by atoms with Crippen molar-refractivity contribution in [2.24, 2.45) is 0 Å². The molecule has 2 heterocycles. The van der Waals surface area contributed by atoms with Crippen LogP contribution >= 0.6 is 0 Å². The molecule has 1 aromatic heterocycles. The summed E-state index contributed by atoms with van der Waals surface area (Å²) in [6, 6.07) is 6.04. The third-order valence-corrected chi connectivity index (χ3v) is 2.92. The molecule has 0 radical (unpaired) electrons. The maximum absolute atomic E-state index is 11.2. The van der Waals surface area contributed by atoms with Gasteiger partial charge in [0.25, 0.3) is 0 Å². The van der Waals surface area contributed by atoms with Gasteiger partial charge in [0.05, 0.1) is 0 Å². The summed E-state index contributed by atoms with van der Waals surface area (Å²) in [5, 5.41) is 0. The Morgan fingerprint density at radius 3 is 2.50 bits per heavy atom. The number of aryl methyl sites for hydroxylation is 1. The molecule has 1 aliphatic rings. The zero-order chi connectivity index (χ0) is 11.5. The van der Waals surface area contributed by atoms with E-state index in [4.69, 9.17) is 0 Å². The van der Waals surface area contributed by atoms with E-state index in [2.05, 4.69) is 9.88 Å². The Morgan fingerprint density at radius 2 is 1.94 bits per heavy atom. The van der Waals surface area contributed by atoms with E-state index in [0.29, 0.717) is 0 Å². The number of anilines is 1. The highest BCUT2D eigenvalue weighted by molar-refractivity contribution is 5.73. The molecule has 1 amide bonds. The van der Waals surface area contributed by atoms with Gasteiger partial charge in [-0.05, 0) is 19.1 Å². The van der Waals surface area contributed by atoms with Gasteiger partial charge in [-0.15, -0.1) is 0 Å². The Kier molecular flexibility index (Phi) is 3.08. The molecule has 1 aromatic rings. The Bertz CT molecular complexity index is 384. The molecule has 0 atom stereocenters. The molecule has 0 saturated carbocycles. The molecule has 0 aliphatic carbocycles. The second kappa shape index (κ2) is 4.51. The minimum absolute atomic E-state index is 0.164. The molecule has 1 fully saturated rings. The Labute approximate surface area is 95.9 Å². The molecule has 86 valence electrons. The van der Waals surface area contributed by atoms with Crippen LogP contribution in [0.5, 0.6) is 0 Å². The topological polar surface area (TPSA) is 36.4 Å². The zero-order valence-electron chi connectivity index (χ0n) is 9.81. The molecule has 4 heteroatoms. The second-order valence-electron chi connectivity index (χ2n) is 4.13. The van der Waals surface area contributed by atoms with Gasteiger partial charge < -0.3 is 9.80 Å². The molecular formula is C12H17N3O. The van der Waals surface area contributed by atoms with Crippen molar-refractivity contribution in [1.82, 2.24) is 9.88 Å². The highest BCUT2D eigenvalue weighted by Gasteiger charge is 2.19. The van der Waals surface area contributed by atoms with Gasteiger partial charge in [-0.1, -0.05) is 6.07 Å². The lowest BCUT2D eigenvalue weighted by Gasteiger charge is -2.34. The first kappa shape index (κ1) is 10.9. The molecule has 1 saturated heterocycles. The standard InChI is InChI=1S/C12H17N3O/c1-10-4-3-5-12(13-10)15-8-6-14(7-9-15)11(2)16/h3-5H,6-9H2,1-2H3. The lowest BCUT2D eigenvalue weighted by molar-refractivity contribution is -0.129. The van der Waals surface area contributed by atoms with E-state index >= 15 is 0 Å². The maximum atomic E-state index is 11.2. The highest BCUT2D eigenvalue weighted by atomic mass is 16.2. The number of hydrogen-bond donors (Lipinski definition) is 0. The van der Waals surface area contributed by atoms with E-state index < -0.39 is 0 Å². The predicted octanol–water partition coefficient (Wildman–Crippen LogP) is 1.06. The number of nitrogens with zero attached hydrogens (tertiary/aromatic N) is 3. The van der Waals surface area contributed by atoms with Crippen LogP contribution in [0.1, 0.15) is 12.6 Å². The molecule has 0 N–H and O–H groups in total.